The molecule has 0 fully saturated rings. The SMILES string of the molecule is COc1ccc(-c2n[nH]c(=S)n2CC(=O)Nc2nc3c(C)cccc3s2)cc1. The molecular weight excluding hydrogens is 394 g/mol. The van der Waals surface area contributed by atoms with Gasteiger partial charge in [0.15, 0.2) is 15.7 Å². The van der Waals surface area contributed by atoms with Crippen LogP contribution in [0.15, 0.2) is 42.5 Å². The molecule has 9 heteroatoms. The monoisotopic (exact) mass is 411 g/mol. The predicted octanol–water partition coefficient (Wildman–Crippen LogP) is 4.17. The molecule has 0 radical (unpaired) electrons. The third kappa shape index (κ3) is 3.54. The lowest BCUT2D eigenvalue weighted by Gasteiger charge is -2.07. The van der Waals surface area contributed by atoms with Crippen molar-refractivity contribution < 1.29 is 9.53 Å². The van der Waals surface area contributed by atoms with Gasteiger partial charge in [0.05, 0.1) is 17.3 Å². The maximum atomic E-state index is 12.6. The number of aromatic nitrogens is 4. The van der Waals surface area contributed by atoms with Crippen molar-refractivity contribution in [2.75, 3.05) is 12.4 Å². The fourth-order valence-electron chi connectivity index (χ4n) is 2.87. The van der Waals surface area contributed by atoms with Crippen molar-refractivity contribution in [2.24, 2.45) is 0 Å². The number of H-pyrrole nitrogens is 1. The molecule has 4 rings (SSSR count). The number of ether oxygens (including phenoxy) is 1. The van der Waals surface area contributed by atoms with Crippen LogP contribution in [0.3, 0.4) is 0 Å². The van der Waals surface area contributed by atoms with E-state index >= 15 is 0 Å². The minimum absolute atomic E-state index is 0.0333. The fourth-order valence-corrected chi connectivity index (χ4v) is 4.02. The Hall–Kier alpha value is -3.04. The Morgan fingerprint density at radius 2 is 2.07 bits per heavy atom. The Balaban J connectivity index is 1.56. The molecule has 0 saturated carbocycles. The summed E-state index contributed by atoms with van der Waals surface area (Å²) in [6.45, 7) is 2.03. The van der Waals surface area contributed by atoms with Gasteiger partial charge in [-0.2, -0.15) is 5.10 Å². The summed E-state index contributed by atoms with van der Waals surface area (Å²) in [4.78, 5) is 17.1. The molecule has 0 aliphatic rings. The number of rotatable bonds is 5. The Bertz CT molecular complexity index is 1210. The molecule has 0 saturated heterocycles. The standard InChI is InChI=1S/C19H17N5O2S2/c1-11-4-3-5-14-16(11)21-18(28-14)20-15(25)10-24-17(22-23-19(24)27)12-6-8-13(26-2)9-7-12/h3-9H,10H2,1-2H3,(H,23,27)(H,20,21,25). The van der Waals surface area contributed by atoms with E-state index in [1.807, 2.05) is 49.4 Å². The van der Waals surface area contributed by atoms with Crippen LogP contribution < -0.4 is 10.1 Å². The molecule has 2 aromatic heterocycles. The summed E-state index contributed by atoms with van der Waals surface area (Å²) in [5.41, 5.74) is 2.81. The smallest absolute Gasteiger partial charge is 0.246 e. The van der Waals surface area contributed by atoms with Gasteiger partial charge in [0.1, 0.15) is 12.3 Å². The summed E-state index contributed by atoms with van der Waals surface area (Å²) in [5.74, 6) is 1.11. The number of nitrogens with zero attached hydrogens (tertiary/aromatic N) is 3. The lowest BCUT2D eigenvalue weighted by atomic mass is 10.2. The van der Waals surface area contributed by atoms with Crippen molar-refractivity contribution in [1.29, 1.82) is 0 Å². The predicted molar refractivity (Wildman–Crippen MR) is 112 cm³/mol. The van der Waals surface area contributed by atoms with Gasteiger partial charge in [0, 0.05) is 5.56 Å². The minimum atomic E-state index is -0.219. The highest BCUT2D eigenvalue weighted by molar-refractivity contribution is 7.71. The summed E-state index contributed by atoms with van der Waals surface area (Å²) in [7, 11) is 1.61. The number of thiazole rings is 1. The number of carbonyl (C=O) groups excluding carboxylic acids is 1. The second-order valence-electron chi connectivity index (χ2n) is 6.16. The number of fused-ring (bicyclic) bond motifs is 1. The Kier molecular flexibility index (Phi) is 4.93. The van der Waals surface area contributed by atoms with Crippen molar-refractivity contribution in [3.05, 3.63) is 52.8 Å². The number of carbonyl (C=O) groups is 1. The number of aryl methyl sites for hydroxylation is 1. The normalized spacial score (nSPS) is 10.9. The molecule has 2 heterocycles. The molecule has 28 heavy (non-hydrogen) atoms. The highest BCUT2D eigenvalue weighted by atomic mass is 32.1. The first-order chi connectivity index (χ1) is 13.5. The van der Waals surface area contributed by atoms with Crippen LogP contribution in [-0.4, -0.2) is 32.8 Å². The van der Waals surface area contributed by atoms with Gasteiger partial charge in [-0.3, -0.25) is 14.5 Å². The van der Waals surface area contributed by atoms with Crippen LogP contribution in [0.5, 0.6) is 5.75 Å². The average molecular weight is 412 g/mol. The van der Waals surface area contributed by atoms with Gasteiger partial charge in [0.2, 0.25) is 5.91 Å². The van der Waals surface area contributed by atoms with Crippen LogP contribution in [0.2, 0.25) is 0 Å². The summed E-state index contributed by atoms with van der Waals surface area (Å²) in [5, 5.41) is 10.4. The first-order valence-electron chi connectivity index (χ1n) is 8.51. The van der Waals surface area contributed by atoms with Crippen molar-refractivity contribution in [2.45, 2.75) is 13.5 Å². The number of amides is 1. The van der Waals surface area contributed by atoms with Crippen LogP contribution in [0.4, 0.5) is 5.13 Å². The van der Waals surface area contributed by atoms with Crippen LogP contribution in [0, 0.1) is 11.7 Å². The van der Waals surface area contributed by atoms with Crippen molar-refractivity contribution in [1.82, 2.24) is 19.7 Å². The van der Waals surface area contributed by atoms with Crippen LogP contribution in [0.1, 0.15) is 5.56 Å². The van der Waals surface area contributed by atoms with Crippen molar-refractivity contribution in [3.63, 3.8) is 0 Å². The Morgan fingerprint density at radius 3 is 2.79 bits per heavy atom. The van der Waals surface area contributed by atoms with Crippen molar-refractivity contribution >= 4 is 44.8 Å². The lowest BCUT2D eigenvalue weighted by Crippen LogP contribution is -2.19. The van der Waals surface area contributed by atoms with Gasteiger partial charge in [0.25, 0.3) is 0 Å². The zero-order valence-electron chi connectivity index (χ0n) is 15.2. The zero-order chi connectivity index (χ0) is 19.7. The van der Waals surface area contributed by atoms with Crippen LogP contribution in [-0.2, 0) is 11.3 Å². The third-order valence-corrected chi connectivity index (χ3v) is 5.52. The molecule has 4 aromatic rings. The number of aromatic amines is 1. The number of anilines is 1. The summed E-state index contributed by atoms with van der Waals surface area (Å²) in [6.07, 6.45) is 0. The summed E-state index contributed by atoms with van der Waals surface area (Å²) in [6, 6.07) is 13.4. The number of benzene rings is 2. The van der Waals surface area contributed by atoms with E-state index in [-0.39, 0.29) is 12.5 Å². The molecule has 2 N–H and O–H groups in total. The first kappa shape index (κ1) is 18.3. The minimum Gasteiger partial charge on any atom is -0.497 e. The highest BCUT2D eigenvalue weighted by Gasteiger charge is 2.14. The van der Waals surface area contributed by atoms with Gasteiger partial charge in [-0.05, 0) is 55.0 Å². The van der Waals surface area contributed by atoms with E-state index in [0.29, 0.717) is 15.7 Å². The quantitative estimate of drug-likeness (QED) is 0.482. The highest BCUT2D eigenvalue weighted by Crippen LogP contribution is 2.28. The lowest BCUT2D eigenvalue weighted by molar-refractivity contribution is -0.116. The Labute approximate surface area is 170 Å². The van der Waals surface area contributed by atoms with Gasteiger partial charge in [-0.25, -0.2) is 4.98 Å². The fraction of sp³-hybridized carbons (Fsp3) is 0.158. The van der Waals surface area contributed by atoms with E-state index in [0.717, 1.165) is 27.1 Å². The number of hydrogen-bond acceptors (Lipinski definition) is 6. The molecule has 0 unspecified atom stereocenters. The van der Waals surface area contributed by atoms with Crippen LogP contribution in [0.25, 0.3) is 21.6 Å². The second kappa shape index (κ2) is 7.53. The van der Waals surface area contributed by atoms with E-state index in [1.165, 1.54) is 11.3 Å². The van der Waals surface area contributed by atoms with E-state index in [1.54, 1.807) is 11.7 Å². The van der Waals surface area contributed by atoms with Crippen LogP contribution >= 0.6 is 23.6 Å². The zero-order valence-corrected chi connectivity index (χ0v) is 16.9. The number of para-hydroxylation sites is 1. The molecule has 0 aliphatic heterocycles. The second-order valence-corrected chi connectivity index (χ2v) is 7.57. The maximum Gasteiger partial charge on any atom is 0.246 e. The first-order valence-corrected chi connectivity index (χ1v) is 9.73. The number of methoxy groups -OCH3 is 1. The molecular formula is C19H17N5O2S2. The number of hydrogen-bond donors (Lipinski definition) is 2. The molecule has 142 valence electrons. The molecule has 0 aliphatic carbocycles. The Morgan fingerprint density at radius 1 is 1.29 bits per heavy atom. The van der Waals surface area contributed by atoms with Gasteiger partial charge >= 0.3 is 0 Å². The summed E-state index contributed by atoms with van der Waals surface area (Å²) >= 11 is 6.75. The summed E-state index contributed by atoms with van der Waals surface area (Å²) < 4.78 is 8.25. The maximum absolute atomic E-state index is 12.6. The average Bonchev–Trinajstić information content (AvgIpc) is 3.26. The van der Waals surface area contributed by atoms with E-state index < -0.39 is 0 Å². The van der Waals surface area contributed by atoms with E-state index in [9.17, 15) is 4.79 Å². The largest absolute Gasteiger partial charge is 0.497 e. The number of nitrogens with one attached hydrogen (secondary N) is 2. The van der Waals surface area contributed by atoms with Crippen molar-refractivity contribution in [3.8, 4) is 17.1 Å². The molecule has 0 atom stereocenters. The third-order valence-electron chi connectivity index (χ3n) is 4.28. The topological polar surface area (TPSA) is 84.8 Å². The molecule has 0 bridgehead atoms. The van der Waals surface area contributed by atoms with E-state index in [2.05, 4.69) is 20.5 Å². The van der Waals surface area contributed by atoms with E-state index in [4.69, 9.17) is 17.0 Å². The molecule has 2 aromatic carbocycles. The van der Waals surface area contributed by atoms with Gasteiger partial charge in [-0.1, -0.05) is 23.5 Å². The van der Waals surface area contributed by atoms with Gasteiger partial charge in [-0.15, -0.1) is 0 Å². The molecule has 7 nitrogen and oxygen atoms in total. The molecule has 1 amide bonds. The molecule has 0 spiro atoms. The van der Waals surface area contributed by atoms with Gasteiger partial charge < -0.3 is 10.1 Å².